The fraction of sp³-hybridized carbons (Fsp3) is 0.455. The first kappa shape index (κ1) is 10.6. The maximum absolute atomic E-state index is 5.83. The average Bonchev–Trinajstić information content (AvgIpc) is 2.10. The predicted octanol–water partition coefficient (Wildman–Crippen LogP) is 3.68. The molecular formula is C11H16BrN. The Kier molecular flexibility index (Phi) is 3.79. The largest absolute Gasteiger partial charge is 0.398 e. The van der Waals surface area contributed by atoms with Gasteiger partial charge in [-0.3, -0.25) is 0 Å². The van der Waals surface area contributed by atoms with Gasteiger partial charge in [-0.1, -0.05) is 19.4 Å². The first-order valence-corrected chi connectivity index (χ1v) is 5.49. The van der Waals surface area contributed by atoms with Crippen molar-refractivity contribution in [3.63, 3.8) is 0 Å². The minimum Gasteiger partial charge on any atom is -0.398 e. The average molecular weight is 242 g/mol. The molecule has 0 saturated carbocycles. The van der Waals surface area contributed by atoms with Crippen LogP contribution in [0.1, 0.15) is 30.9 Å². The highest BCUT2D eigenvalue weighted by molar-refractivity contribution is 9.10. The molecule has 0 spiro atoms. The fourth-order valence-electron chi connectivity index (χ4n) is 1.35. The smallest absolute Gasteiger partial charge is 0.0488 e. The number of rotatable bonds is 3. The van der Waals surface area contributed by atoms with Crippen molar-refractivity contribution in [1.82, 2.24) is 0 Å². The first-order chi connectivity index (χ1) is 6.15. The minimum absolute atomic E-state index is 0.861. The summed E-state index contributed by atoms with van der Waals surface area (Å²) in [5.41, 5.74) is 9.24. The molecule has 0 saturated heterocycles. The molecule has 0 aliphatic carbocycles. The number of hydrogen-bond donors (Lipinski definition) is 1. The lowest BCUT2D eigenvalue weighted by Gasteiger charge is -2.07. The number of benzene rings is 1. The fourth-order valence-corrected chi connectivity index (χ4v) is 1.96. The standard InChI is InChI=1S/C11H16BrN/c1-3-4-5-9-6-8(2)11(13)10(12)7-9/h6-7H,3-5,13H2,1-2H3. The summed E-state index contributed by atoms with van der Waals surface area (Å²) in [6.07, 6.45) is 3.63. The summed E-state index contributed by atoms with van der Waals surface area (Å²) in [5.74, 6) is 0. The van der Waals surface area contributed by atoms with E-state index in [-0.39, 0.29) is 0 Å². The number of anilines is 1. The Morgan fingerprint density at radius 3 is 2.62 bits per heavy atom. The van der Waals surface area contributed by atoms with Gasteiger partial charge in [0.1, 0.15) is 0 Å². The molecule has 0 unspecified atom stereocenters. The molecule has 0 fully saturated rings. The zero-order chi connectivity index (χ0) is 9.84. The van der Waals surface area contributed by atoms with Crippen LogP contribution in [0.4, 0.5) is 5.69 Å². The van der Waals surface area contributed by atoms with Gasteiger partial charge in [-0.2, -0.15) is 0 Å². The van der Waals surface area contributed by atoms with Crippen LogP contribution in [-0.4, -0.2) is 0 Å². The highest BCUT2D eigenvalue weighted by Gasteiger charge is 2.01. The van der Waals surface area contributed by atoms with Crippen LogP contribution >= 0.6 is 15.9 Å². The summed E-state index contributed by atoms with van der Waals surface area (Å²) in [7, 11) is 0. The number of hydrogen-bond acceptors (Lipinski definition) is 1. The van der Waals surface area contributed by atoms with Crippen LogP contribution in [-0.2, 0) is 6.42 Å². The second-order valence-corrected chi connectivity index (χ2v) is 4.27. The second kappa shape index (κ2) is 4.66. The lowest BCUT2D eigenvalue weighted by molar-refractivity contribution is 0.794. The van der Waals surface area contributed by atoms with Crippen molar-refractivity contribution in [3.05, 3.63) is 27.7 Å². The maximum atomic E-state index is 5.83. The van der Waals surface area contributed by atoms with Gasteiger partial charge in [0.2, 0.25) is 0 Å². The van der Waals surface area contributed by atoms with E-state index in [0.717, 1.165) is 16.6 Å². The summed E-state index contributed by atoms with van der Waals surface area (Å²) >= 11 is 3.46. The number of unbranched alkanes of at least 4 members (excludes halogenated alkanes) is 1. The second-order valence-electron chi connectivity index (χ2n) is 3.41. The van der Waals surface area contributed by atoms with Gasteiger partial charge in [0.25, 0.3) is 0 Å². The van der Waals surface area contributed by atoms with Crippen LogP contribution in [0.25, 0.3) is 0 Å². The number of nitrogen functional groups attached to an aromatic ring is 1. The molecule has 0 radical (unpaired) electrons. The van der Waals surface area contributed by atoms with E-state index in [2.05, 4.69) is 41.9 Å². The molecule has 0 heterocycles. The van der Waals surface area contributed by atoms with Crippen molar-refractivity contribution in [3.8, 4) is 0 Å². The Labute approximate surface area is 88.5 Å². The van der Waals surface area contributed by atoms with E-state index in [1.54, 1.807) is 0 Å². The molecule has 0 aliphatic rings. The van der Waals surface area contributed by atoms with Crippen molar-refractivity contribution in [2.45, 2.75) is 33.1 Å². The van der Waals surface area contributed by atoms with E-state index < -0.39 is 0 Å². The molecule has 0 aliphatic heterocycles. The van der Waals surface area contributed by atoms with E-state index in [1.807, 2.05) is 0 Å². The van der Waals surface area contributed by atoms with Crippen molar-refractivity contribution in [1.29, 1.82) is 0 Å². The summed E-state index contributed by atoms with van der Waals surface area (Å²) in [5, 5.41) is 0. The molecule has 1 nitrogen and oxygen atoms in total. The zero-order valence-electron chi connectivity index (χ0n) is 8.23. The summed E-state index contributed by atoms with van der Waals surface area (Å²) in [6.45, 7) is 4.26. The molecule has 72 valence electrons. The highest BCUT2D eigenvalue weighted by atomic mass is 79.9. The quantitative estimate of drug-likeness (QED) is 0.804. The molecule has 0 amide bonds. The van der Waals surface area contributed by atoms with Crippen LogP contribution in [0.5, 0.6) is 0 Å². The number of aryl methyl sites for hydroxylation is 2. The van der Waals surface area contributed by atoms with Gasteiger partial charge < -0.3 is 5.73 Å². The van der Waals surface area contributed by atoms with Crippen LogP contribution in [0.15, 0.2) is 16.6 Å². The van der Waals surface area contributed by atoms with Crippen molar-refractivity contribution >= 4 is 21.6 Å². The van der Waals surface area contributed by atoms with E-state index in [4.69, 9.17) is 5.73 Å². The van der Waals surface area contributed by atoms with Crippen LogP contribution < -0.4 is 5.73 Å². The van der Waals surface area contributed by atoms with E-state index in [1.165, 1.54) is 24.0 Å². The van der Waals surface area contributed by atoms with Gasteiger partial charge in [-0.05, 0) is 52.9 Å². The first-order valence-electron chi connectivity index (χ1n) is 4.69. The Bertz CT molecular complexity index is 271. The number of halogens is 1. The minimum atomic E-state index is 0.861. The third kappa shape index (κ3) is 2.73. The molecule has 2 N–H and O–H groups in total. The molecule has 2 heteroatoms. The summed E-state index contributed by atoms with van der Waals surface area (Å²) < 4.78 is 1.03. The highest BCUT2D eigenvalue weighted by Crippen LogP contribution is 2.25. The molecule has 0 aromatic heterocycles. The van der Waals surface area contributed by atoms with Gasteiger partial charge in [0.15, 0.2) is 0 Å². The molecule has 13 heavy (non-hydrogen) atoms. The van der Waals surface area contributed by atoms with Crippen molar-refractivity contribution < 1.29 is 0 Å². The monoisotopic (exact) mass is 241 g/mol. The topological polar surface area (TPSA) is 26.0 Å². The van der Waals surface area contributed by atoms with E-state index in [9.17, 15) is 0 Å². The Morgan fingerprint density at radius 2 is 2.08 bits per heavy atom. The lowest BCUT2D eigenvalue weighted by atomic mass is 10.1. The van der Waals surface area contributed by atoms with Gasteiger partial charge in [-0.15, -0.1) is 0 Å². The molecule has 1 aromatic carbocycles. The Morgan fingerprint density at radius 1 is 1.38 bits per heavy atom. The van der Waals surface area contributed by atoms with Gasteiger partial charge in [0, 0.05) is 10.2 Å². The van der Waals surface area contributed by atoms with Crippen LogP contribution in [0.3, 0.4) is 0 Å². The van der Waals surface area contributed by atoms with E-state index in [0.29, 0.717) is 0 Å². The van der Waals surface area contributed by atoms with Gasteiger partial charge >= 0.3 is 0 Å². The maximum Gasteiger partial charge on any atom is 0.0488 e. The molecule has 0 atom stereocenters. The normalized spacial score (nSPS) is 10.4. The SMILES string of the molecule is CCCCc1cc(C)c(N)c(Br)c1. The summed E-state index contributed by atoms with van der Waals surface area (Å²) in [4.78, 5) is 0. The van der Waals surface area contributed by atoms with Crippen molar-refractivity contribution in [2.24, 2.45) is 0 Å². The predicted molar refractivity (Wildman–Crippen MR) is 61.9 cm³/mol. The zero-order valence-corrected chi connectivity index (χ0v) is 9.82. The van der Waals surface area contributed by atoms with Gasteiger partial charge in [0.05, 0.1) is 0 Å². The number of nitrogens with two attached hydrogens (primary N) is 1. The molecule has 1 aromatic rings. The van der Waals surface area contributed by atoms with Gasteiger partial charge in [-0.25, -0.2) is 0 Å². The third-order valence-corrected chi connectivity index (χ3v) is 2.87. The van der Waals surface area contributed by atoms with Crippen LogP contribution in [0.2, 0.25) is 0 Å². The Balaban J connectivity index is 2.86. The van der Waals surface area contributed by atoms with E-state index >= 15 is 0 Å². The van der Waals surface area contributed by atoms with Crippen LogP contribution in [0, 0.1) is 6.92 Å². The third-order valence-electron chi connectivity index (χ3n) is 2.22. The molecule has 1 rings (SSSR count). The van der Waals surface area contributed by atoms with Crippen molar-refractivity contribution in [2.75, 3.05) is 5.73 Å². The summed E-state index contributed by atoms with van der Waals surface area (Å²) in [6, 6.07) is 4.30. The molecular weight excluding hydrogens is 226 g/mol. The Hall–Kier alpha value is -0.500. The molecule has 0 bridgehead atoms. The lowest BCUT2D eigenvalue weighted by Crippen LogP contribution is -1.94.